The van der Waals surface area contributed by atoms with Crippen LogP contribution in [0, 0.1) is 12.8 Å². The summed E-state index contributed by atoms with van der Waals surface area (Å²) in [4.78, 5) is 24.5. The molecular formula is C12H17N3O4. The molecule has 1 amide bonds. The van der Waals surface area contributed by atoms with Gasteiger partial charge in [0, 0.05) is 25.6 Å². The Morgan fingerprint density at radius 2 is 2.42 bits per heavy atom. The molecule has 1 fully saturated rings. The van der Waals surface area contributed by atoms with E-state index >= 15 is 0 Å². The molecule has 2 N–H and O–H groups in total. The maximum absolute atomic E-state index is 11.7. The molecule has 104 valence electrons. The third kappa shape index (κ3) is 3.78. The van der Waals surface area contributed by atoms with Gasteiger partial charge in [0.25, 0.3) is 0 Å². The van der Waals surface area contributed by atoms with Crippen molar-refractivity contribution >= 4 is 17.7 Å². The topological polar surface area (TPSA) is 95.7 Å². The second-order valence-corrected chi connectivity index (χ2v) is 4.75. The number of carbonyl (C=O) groups excluding carboxylic acids is 1. The first kappa shape index (κ1) is 13.5. The fourth-order valence-corrected chi connectivity index (χ4v) is 2.13. The molecule has 0 aliphatic carbocycles. The predicted molar refractivity (Wildman–Crippen MR) is 66.7 cm³/mol. The molecule has 2 heterocycles. The highest BCUT2D eigenvalue weighted by atomic mass is 16.5. The summed E-state index contributed by atoms with van der Waals surface area (Å²) in [5, 5.41) is 15.2. The van der Waals surface area contributed by atoms with Crippen LogP contribution in [0.2, 0.25) is 0 Å². The van der Waals surface area contributed by atoms with Crippen LogP contribution in [0.25, 0.3) is 0 Å². The van der Waals surface area contributed by atoms with Crippen LogP contribution in [0.3, 0.4) is 0 Å². The van der Waals surface area contributed by atoms with Gasteiger partial charge in [0.15, 0.2) is 5.82 Å². The molecule has 7 heteroatoms. The molecule has 0 spiro atoms. The number of hydrogen-bond acceptors (Lipinski definition) is 5. The second-order valence-electron chi connectivity index (χ2n) is 4.75. The molecule has 0 bridgehead atoms. The average Bonchev–Trinajstić information content (AvgIpc) is 2.96. The van der Waals surface area contributed by atoms with Crippen LogP contribution in [0.15, 0.2) is 10.6 Å². The minimum atomic E-state index is -0.759. The van der Waals surface area contributed by atoms with Gasteiger partial charge in [-0.05, 0) is 19.9 Å². The number of carboxylic acids is 1. The Hall–Kier alpha value is -1.89. The monoisotopic (exact) mass is 267 g/mol. The van der Waals surface area contributed by atoms with E-state index in [1.807, 2.05) is 4.90 Å². The summed E-state index contributed by atoms with van der Waals surface area (Å²) in [6.45, 7) is 3.56. The second kappa shape index (κ2) is 5.83. The van der Waals surface area contributed by atoms with Gasteiger partial charge in [-0.15, -0.1) is 0 Å². The summed E-state index contributed by atoms with van der Waals surface area (Å²) in [7, 11) is 0. The number of aromatic nitrogens is 1. The van der Waals surface area contributed by atoms with Crippen molar-refractivity contribution in [3.05, 3.63) is 11.8 Å². The molecule has 1 aromatic heterocycles. The zero-order chi connectivity index (χ0) is 13.8. The minimum absolute atomic E-state index is 0.146. The van der Waals surface area contributed by atoms with E-state index in [-0.39, 0.29) is 11.8 Å². The zero-order valence-corrected chi connectivity index (χ0v) is 10.8. The van der Waals surface area contributed by atoms with Crippen molar-refractivity contribution in [2.75, 3.05) is 25.0 Å². The smallest absolute Gasteiger partial charge is 0.307 e. The van der Waals surface area contributed by atoms with Crippen LogP contribution in [-0.2, 0) is 9.59 Å². The number of nitrogens with one attached hydrogen (secondary N) is 1. The number of hydrogen-bond donors (Lipinski definition) is 2. The highest BCUT2D eigenvalue weighted by molar-refractivity contribution is 5.89. The number of carboxylic acid groups (broad SMARTS) is 1. The molecule has 0 aromatic carbocycles. The predicted octanol–water partition coefficient (Wildman–Crippen LogP) is 0.718. The summed E-state index contributed by atoms with van der Waals surface area (Å²) < 4.78 is 4.84. The number of nitrogens with zero attached hydrogens (tertiary/aromatic N) is 2. The van der Waals surface area contributed by atoms with E-state index in [2.05, 4.69) is 10.5 Å². The number of carbonyl (C=O) groups is 2. The van der Waals surface area contributed by atoms with E-state index in [0.717, 1.165) is 6.54 Å². The molecule has 1 unspecified atom stereocenters. The van der Waals surface area contributed by atoms with Crippen molar-refractivity contribution < 1.29 is 19.2 Å². The third-order valence-corrected chi connectivity index (χ3v) is 3.17. The van der Waals surface area contributed by atoms with Gasteiger partial charge < -0.3 is 19.8 Å². The van der Waals surface area contributed by atoms with Gasteiger partial charge in [0.1, 0.15) is 5.76 Å². The molecule has 1 aliphatic heterocycles. The number of aliphatic carboxylic acids is 1. The van der Waals surface area contributed by atoms with Gasteiger partial charge >= 0.3 is 5.97 Å². The van der Waals surface area contributed by atoms with Gasteiger partial charge in [0.05, 0.1) is 5.92 Å². The van der Waals surface area contributed by atoms with Gasteiger partial charge in [-0.25, -0.2) is 0 Å². The van der Waals surface area contributed by atoms with E-state index in [1.54, 1.807) is 13.0 Å². The standard InChI is InChI=1S/C12H17N3O4/c1-8-6-10(14-19-8)13-11(16)3-5-15-4-2-9(7-15)12(17)18/h6,9H,2-5,7H2,1H3,(H,17,18)(H,13,14,16). The Morgan fingerprint density at radius 1 is 1.63 bits per heavy atom. The molecule has 2 rings (SSSR count). The fourth-order valence-electron chi connectivity index (χ4n) is 2.13. The normalized spacial score (nSPS) is 19.5. The maximum atomic E-state index is 11.7. The van der Waals surface area contributed by atoms with Gasteiger partial charge in [-0.3, -0.25) is 9.59 Å². The fraction of sp³-hybridized carbons (Fsp3) is 0.583. The lowest BCUT2D eigenvalue weighted by Gasteiger charge is -2.14. The third-order valence-electron chi connectivity index (χ3n) is 3.17. The minimum Gasteiger partial charge on any atom is -0.481 e. The molecular weight excluding hydrogens is 250 g/mol. The summed E-state index contributed by atoms with van der Waals surface area (Å²) >= 11 is 0. The lowest BCUT2D eigenvalue weighted by molar-refractivity contribution is -0.141. The van der Waals surface area contributed by atoms with Crippen LogP contribution in [0.4, 0.5) is 5.82 Å². The number of aryl methyl sites for hydroxylation is 1. The van der Waals surface area contributed by atoms with Crippen LogP contribution in [-0.4, -0.2) is 46.7 Å². The number of rotatable bonds is 5. The molecule has 7 nitrogen and oxygen atoms in total. The first-order valence-electron chi connectivity index (χ1n) is 6.23. The van der Waals surface area contributed by atoms with E-state index in [1.165, 1.54) is 0 Å². The quantitative estimate of drug-likeness (QED) is 0.816. The average molecular weight is 267 g/mol. The number of amides is 1. The van der Waals surface area contributed by atoms with Crippen molar-refractivity contribution in [1.29, 1.82) is 0 Å². The van der Waals surface area contributed by atoms with Crippen LogP contribution in [0.5, 0.6) is 0 Å². The Balaban J connectivity index is 1.71. The van der Waals surface area contributed by atoms with E-state index in [4.69, 9.17) is 9.63 Å². The molecule has 19 heavy (non-hydrogen) atoms. The lowest BCUT2D eigenvalue weighted by atomic mass is 10.1. The largest absolute Gasteiger partial charge is 0.481 e. The summed E-state index contributed by atoms with van der Waals surface area (Å²) in [6, 6.07) is 1.65. The molecule has 1 atom stereocenters. The lowest BCUT2D eigenvalue weighted by Crippen LogP contribution is -2.27. The first-order chi connectivity index (χ1) is 9.04. The maximum Gasteiger partial charge on any atom is 0.307 e. The van der Waals surface area contributed by atoms with Crippen molar-refractivity contribution in [1.82, 2.24) is 10.1 Å². The van der Waals surface area contributed by atoms with E-state index in [0.29, 0.717) is 37.5 Å². The van der Waals surface area contributed by atoms with Crippen LogP contribution < -0.4 is 5.32 Å². The van der Waals surface area contributed by atoms with E-state index < -0.39 is 5.97 Å². The van der Waals surface area contributed by atoms with Gasteiger partial charge in [0.2, 0.25) is 5.91 Å². The van der Waals surface area contributed by atoms with Crippen LogP contribution >= 0.6 is 0 Å². The highest BCUT2D eigenvalue weighted by Gasteiger charge is 2.27. The van der Waals surface area contributed by atoms with E-state index in [9.17, 15) is 9.59 Å². The van der Waals surface area contributed by atoms with Crippen LogP contribution in [0.1, 0.15) is 18.6 Å². The highest BCUT2D eigenvalue weighted by Crippen LogP contribution is 2.16. The molecule has 0 radical (unpaired) electrons. The Labute approximate surface area is 110 Å². The Bertz CT molecular complexity index is 471. The molecule has 0 saturated carbocycles. The molecule has 1 aliphatic rings. The summed E-state index contributed by atoms with van der Waals surface area (Å²) in [5.74, 6) is -0.162. The Morgan fingerprint density at radius 3 is 3.00 bits per heavy atom. The van der Waals surface area contributed by atoms with Crippen molar-refractivity contribution in [3.63, 3.8) is 0 Å². The molecule has 1 aromatic rings. The SMILES string of the molecule is Cc1cc(NC(=O)CCN2CCC(C(=O)O)C2)no1. The van der Waals surface area contributed by atoms with Crippen molar-refractivity contribution in [2.24, 2.45) is 5.92 Å². The molecule has 1 saturated heterocycles. The zero-order valence-electron chi connectivity index (χ0n) is 10.8. The number of anilines is 1. The van der Waals surface area contributed by atoms with Gasteiger partial charge in [-0.1, -0.05) is 5.16 Å². The van der Waals surface area contributed by atoms with Crippen molar-refractivity contribution in [2.45, 2.75) is 19.8 Å². The number of likely N-dealkylation sites (tertiary alicyclic amines) is 1. The van der Waals surface area contributed by atoms with Gasteiger partial charge in [-0.2, -0.15) is 0 Å². The Kier molecular flexibility index (Phi) is 4.16. The van der Waals surface area contributed by atoms with Crippen molar-refractivity contribution in [3.8, 4) is 0 Å². The summed E-state index contributed by atoms with van der Waals surface area (Å²) in [6.07, 6.45) is 0.970. The summed E-state index contributed by atoms with van der Waals surface area (Å²) in [5.41, 5.74) is 0. The first-order valence-corrected chi connectivity index (χ1v) is 6.23.